The molecule has 3 aromatic rings. The van der Waals surface area contributed by atoms with Crippen LogP contribution in [0.5, 0.6) is 5.75 Å². The molecular weight excluding hydrogens is 344 g/mol. The summed E-state index contributed by atoms with van der Waals surface area (Å²) in [6, 6.07) is 25.2. The molecule has 0 aromatic heterocycles. The van der Waals surface area contributed by atoms with E-state index in [1.54, 1.807) is 0 Å². The van der Waals surface area contributed by atoms with E-state index in [0.29, 0.717) is 5.75 Å². The van der Waals surface area contributed by atoms with Crippen LogP contribution < -0.4 is 4.74 Å². The molecule has 134 valence electrons. The molecule has 3 aromatic carbocycles. The van der Waals surface area contributed by atoms with Gasteiger partial charge in [0, 0.05) is 0 Å². The lowest BCUT2D eigenvalue weighted by Gasteiger charge is -2.25. The van der Waals surface area contributed by atoms with E-state index in [0.717, 1.165) is 11.1 Å². The summed E-state index contributed by atoms with van der Waals surface area (Å²) in [7, 11) is -0.684. The van der Waals surface area contributed by atoms with Gasteiger partial charge in [0.25, 0.3) is 0 Å². The number of aryl methyl sites for hydroxylation is 2. The number of carboxylic acids is 1. The van der Waals surface area contributed by atoms with Crippen LogP contribution in [0.4, 0.5) is 0 Å². The molecule has 0 spiro atoms. The second kappa shape index (κ2) is 8.11. The van der Waals surface area contributed by atoms with Gasteiger partial charge in [-0.25, -0.2) is 4.79 Å². The fraction of sp³-hybridized carbons (Fsp3) is 0.136. The summed E-state index contributed by atoms with van der Waals surface area (Å²) in [4.78, 5) is 14.6. The summed E-state index contributed by atoms with van der Waals surface area (Å²) in [6.07, 6.45) is 0. The number of carboxylic acid groups (broad SMARTS) is 1. The predicted octanol–water partition coefficient (Wildman–Crippen LogP) is 5.25. The van der Waals surface area contributed by atoms with Crippen LogP contribution in [0.25, 0.3) is 0 Å². The molecule has 0 aliphatic carbocycles. The van der Waals surface area contributed by atoms with Crippen molar-refractivity contribution in [2.45, 2.75) is 28.5 Å². The average Bonchev–Trinajstić information content (AvgIpc) is 2.63. The topological polar surface area (TPSA) is 46.5 Å². The van der Waals surface area contributed by atoms with Crippen LogP contribution >= 0.6 is 10.9 Å². The van der Waals surface area contributed by atoms with Gasteiger partial charge >= 0.3 is 5.97 Å². The van der Waals surface area contributed by atoms with E-state index in [2.05, 4.69) is 60.7 Å². The highest BCUT2D eigenvalue weighted by Gasteiger charge is 2.16. The number of ether oxygens (including phenoxy) is 1. The fourth-order valence-corrected chi connectivity index (χ4v) is 5.50. The van der Waals surface area contributed by atoms with Gasteiger partial charge in [0.2, 0.25) is 0 Å². The summed E-state index contributed by atoms with van der Waals surface area (Å²) < 4.78 is 5.48. The van der Waals surface area contributed by atoms with Gasteiger partial charge in [0.1, 0.15) is 5.75 Å². The molecule has 1 N–H and O–H groups in total. The number of benzene rings is 3. The van der Waals surface area contributed by atoms with Gasteiger partial charge in [0.15, 0.2) is 6.61 Å². The maximum Gasteiger partial charge on any atom is 0.341 e. The molecule has 0 unspecified atom stereocenters. The molecule has 0 heterocycles. The van der Waals surface area contributed by atoms with Crippen LogP contribution in [0.15, 0.2) is 87.5 Å². The number of thiol groups is 1. The molecule has 0 fully saturated rings. The number of rotatable bonds is 6. The highest BCUT2D eigenvalue weighted by Crippen LogP contribution is 2.52. The zero-order chi connectivity index (χ0) is 18.5. The van der Waals surface area contributed by atoms with Crippen molar-refractivity contribution < 1.29 is 14.6 Å². The van der Waals surface area contributed by atoms with Gasteiger partial charge in [-0.05, 0) is 76.1 Å². The third-order valence-electron chi connectivity index (χ3n) is 4.07. The third kappa shape index (κ3) is 4.09. The molecule has 0 radical (unpaired) electrons. The normalized spacial score (nSPS) is 11.1. The predicted molar refractivity (Wildman–Crippen MR) is 106 cm³/mol. The Labute approximate surface area is 156 Å². The summed E-state index contributed by atoms with van der Waals surface area (Å²) in [5, 5.41) is 8.87. The van der Waals surface area contributed by atoms with Gasteiger partial charge in [-0.1, -0.05) is 36.4 Å². The fourth-order valence-electron chi connectivity index (χ4n) is 3.02. The summed E-state index contributed by atoms with van der Waals surface area (Å²) >= 11 is 0. The van der Waals surface area contributed by atoms with Crippen LogP contribution in [0.2, 0.25) is 0 Å². The summed E-state index contributed by atoms with van der Waals surface area (Å²) in [5.41, 5.74) is 1.92. The molecule has 0 aliphatic heterocycles. The number of carbonyl (C=O) groups is 1. The molecule has 0 bridgehead atoms. The zero-order valence-corrected chi connectivity index (χ0v) is 15.7. The van der Waals surface area contributed by atoms with Crippen molar-refractivity contribution in [3.63, 3.8) is 0 Å². The Bertz CT molecular complexity index is 829. The first-order valence-electron chi connectivity index (χ1n) is 8.42. The molecule has 0 saturated carbocycles. The minimum absolute atomic E-state index is 0.326. The Balaban J connectivity index is 2.06. The van der Waals surface area contributed by atoms with E-state index in [1.165, 1.54) is 14.7 Å². The first-order chi connectivity index (χ1) is 12.6. The van der Waals surface area contributed by atoms with E-state index < -0.39 is 16.9 Å². The van der Waals surface area contributed by atoms with Crippen molar-refractivity contribution >= 4 is 16.9 Å². The van der Waals surface area contributed by atoms with Crippen LogP contribution in [-0.4, -0.2) is 17.7 Å². The Morgan fingerprint density at radius 1 is 0.846 bits per heavy atom. The summed E-state index contributed by atoms with van der Waals surface area (Å²) in [5.74, 6) is -0.309. The van der Waals surface area contributed by atoms with Gasteiger partial charge in [0.05, 0.1) is 0 Å². The maximum atomic E-state index is 10.8. The lowest BCUT2D eigenvalue weighted by molar-refractivity contribution is -0.139. The van der Waals surface area contributed by atoms with Crippen molar-refractivity contribution in [1.29, 1.82) is 0 Å². The van der Waals surface area contributed by atoms with Gasteiger partial charge < -0.3 is 9.84 Å². The molecule has 26 heavy (non-hydrogen) atoms. The lowest BCUT2D eigenvalue weighted by atomic mass is 10.1. The molecule has 0 amide bonds. The second-order valence-electron chi connectivity index (χ2n) is 6.10. The molecule has 0 atom stereocenters. The second-order valence-corrected chi connectivity index (χ2v) is 8.32. The van der Waals surface area contributed by atoms with Gasteiger partial charge in [-0.2, -0.15) is 10.9 Å². The zero-order valence-electron chi connectivity index (χ0n) is 14.8. The number of hydrogen-bond donors (Lipinski definition) is 2. The van der Waals surface area contributed by atoms with Crippen LogP contribution in [-0.2, 0) is 4.79 Å². The Morgan fingerprint density at radius 3 is 1.73 bits per heavy atom. The van der Waals surface area contributed by atoms with Crippen molar-refractivity contribution in [3.05, 3.63) is 83.9 Å². The smallest absolute Gasteiger partial charge is 0.341 e. The molecule has 0 saturated heterocycles. The van der Waals surface area contributed by atoms with E-state index in [1.807, 2.05) is 26.0 Å². The van der Waals surface area contributed by atoms with Gasteiger partial charge in [-0.3, -0.25) is 0 Å². The van der Waals surface area contributed by atoms with Crippen molar-refractivity contribution in [1.82, 2.24) is 0 Å². The first kappa shape index (κ1) is 18.1. The molecule has 0 aliphatic rings. The standard InChI is InChI=1S/C22H22O3S/c1-16-13-20(14-17(2)22(16)25-15-21(23)24)26(18-9-5-3-6-10-18)19-11-7-4-8-12-19/h3-14,26H,15H2,1-2H3,(H,23,24). The average molecular weight is 366 g/mol. The van der Waals surface area contributed by atoms with E-state index >= 15 is 0 Å². The van der Waals surface area contributed by atoms with Gasteiger partial charge in [-0.15, -0.1) is 0 Å². The molecule has 3 rings (SSSR count). The number of hydrogen-bond acceptors (Lipinski definition) is 2. The maximum absolute atomic E-state index is 10.8. The largest absolute Gasteiger partial charge is 0.481 e. The molecule has 3 nitrogen and oxygen atoms in total. The lowest BCUT2D eigenvalue weighted by Crippen LogP contribution is -2.11. The minimum atomic E-state index is -0.969. The van der Waals surface area contributed by atoms with Crippen LogP contribution in [0.1, 0.15) is 11.1 Å². The van der Waals surface area contributed by atoms with Crippen molar-refractivity contribution in [2.75, 3.05) is 6.61 Å². The molecular formula is C22H22O3S. The van der Waals surface area contributed by atoms with Crippen molar-refractivity contribution in [2.24, 2.45) is 0 Å². The first-order valence-corrected chi connectivity index (χ1v) is 9.76. The summed E-state index contributed by atoms with van der Waals surface area (Å²) in [6.45, 7) is 3.61. The minimum Gasteiger partial charge on any atom is -0.481 e. The quantitative estimate of drug-likeness (QED) is 0.586. The Hall–Kier alpha value is -2.72. The van der Waals surface area contributed by atoms with Crippen LogP contribution in [0.3, 0.4) is 0 Å². The van der Waals surface area contributed by atoms with E-state index in [9.17, 15) is 4.79 Å². The third-order valence-corrected chi connectivity index (χ3v) is 6.48. The SMILES string of the molecule is Cc1cc([SH](c2ccccc2)c2ccccc2)cc(C)c1OCC(=O)O. The van der Waals surface area contributed by atoms with Crippen molar-refractivity contribution in [3.8, 4) is 5.75 Å². The monoisotopic (exact) mass is 366 g/mol. The Morgan fingerprint density at radius 2 is 1.31 bits per heavy atom. The number of aliphatic carboxylic acids is 1. The highest BCUT2D eigenvalue weighted by molar-refractivity contribution is 8.17. The molecule has 4 heteroatoms. The van der Waals surface area contributed by atoms with E-state index in [-0.39, 0.29) is 6.61 Å². The highest BCUT2D eigenvalue weighted by atomic mass is 32.2. The van der Waals surface area contributed by atoms with E-state index in [4.69, 9.17) is 9.84 Å². The Kier molecular flexibility index (Phi) is 5.64. The van der Waals surface area contributed by atoms with Crippen LogP contribution in [0, 0.1) is 13.8 Å².